The lowest BCUT2D eigenvalue weighted by Crippen LogP contribution is -2.17. The van der Waals surface area contributed by atoms with E-state index in [1.54, 1.807) is 7.05 Å². The first-order valence-electron chi connectivity index (χ1n) is 6.27. The van der Waals surface area contributed by atoms with Gasteiger partial charge in [-0.15, -0.1) is 13.2 Å². The first-order chi connectivity index (χ1) is 10.8. The fourth-order valence-electron chi connectivity index (χ4n) is 1.65. The second-order valence-electron chi connectivity index (χ2n) is 4.18. The highest BCUT2D eigenvalue weighted by Crippen LogP contribution is 2.42. The lowest BCUT2D eigenvalue weighted by molar-refractivity contribution is -0.275. The number of aromatic nitrogens is 2. The van der Waals surface area contributed by atoms with Crippen LogP contribution in [0.2, 0.25) is 5.02 Å². The van der Waals surface area contributed by atoms with Crippen LogP contribution in [0.25, 0.3) is 0 Å². The van der Waals surface area contributed by atoms with Crippen molar-refractivity contribution < 1.29 is 22.6 Å². The number of rotatable bonds is 5. The number of anilines is 2. The summed E-state index contributed by atoms with van der Waals surface area (Å²) >= 11 is 5.99. The Morgan fingerprint density at radius 1 is 1.09 bits per heavy atom. The molecule has 0 saturated carbocycles. The summed E-state index contributed by atoms with van der Waals surface area (Å²) in [4.78, 5) is 7.69. The highest BCUT2D eigenvalue weighted by atomic mass is 35.5. The van der Waals surface area contributed by atoms with E-state index in [0.29, 0.717) is 11.5 Å². The van der Waals surface area contributed by atoms with Crippen molar-refractivity contribution in [2.75, 3.05) is 24.7 Å². The van der Waals surface area contributed by atoms with Crippen LogP contribution < -0.4 is 20.1 Å². The maximum absolute atomic E-state index is 12.6. The molecule has 0 fully saturated rings. The summed E-state index contributed by atoms with van der Waals surface area (Å²) in [5.74, 6) is -0.450. The third-order valence-corrected chi connectivity index (χ3v) is 2.91. The van der Waals surface area contributed by atoms with E-state index in [2.05, 4.69) is 25.3 Å². The molecule has 1 aromatic heterocycles. The predicted octanol–water partition coefficient (Wildman–Crippen LogP) is 3.90. The molecule has 0 saturated heterocycles. The minimum absolute atomic E-state index is 0.00971. The van der Waals surface area contributed by atoms with Crippen molar-refractivity contribution in [3.05, 3.63) is 29.5 Å². The molecule has 1 heterocycles. The third kappa shape index (κ3) is 4.52. The smallest absolute Gasteiger partial charge is 0.433 e. The van der Waals surface area contributed by atoms with Crippen LogP contribution in [0.3, 0.4) is 0 Å². The Morgan fingerprint density at radius 2 is 1.83 bits per heavy atom. The molecule has 2 aromatic rings. The number of nitrogens with zero attached hydrogens (tertiary/aromatic N) is 2. The lowest BCUT2D eigenvalue weighted by atomic mass is 10.2. The Kier molecular flexibility index (Phi) is 4.99. The molecular weight excluding hydrogens is 337 g/mol. The van der Waals surface area contributed by atoms with Crippen LogP contribution in [0.5, 0.6) is 17.4 Å². The lowest BCUT2D eigenvalue weighted by Gasteiger charge is -2.16. The Morgan fingerprint density at radius 3 is 2.43 bits per heavy atom. The molecule has 0 aliphatic heterocycles. The molecule has 0 atom stereocenters. The average molecular weight is 349 g/mol. The van der Waals surface area contributed by atoms with Gasteiger partial charge in [0.2, 0.25) is 5.88 Å². The van der Waals surface area contributed by atoms with Crippen molar-refractivity contribution in [1.82, 2.24) is 9.97 Å². The van der Waals surface area contributed by atoms with Crippen LogP contribution in [0, 0.1) is 0 Å². The van der Waals surface area contributed by atoms with Gasteiger partial charge in [-0.05, 0) is 6.07 Å². The summed E-state index contributed by atoms with van der Waals surface area (Å²) < 4.78 is 47.0. The topological polar surface area (TPSA) is 68.3 Å². The van der Waals surface area contributed by atoms with Crippen molar-refractivity contribution in [3.8, 4) is 17.4 Å². The molecule has 0 spiro atoms. The second-order valence-corrected chi connectivity index (χ2v) is 4.58. The third-order valence-electron chi connectivity index (χ3n) is 2.63. The van der Waals surface area contributed by atoms with Crippen molar-refractivity contribution >= 4 is 23.1 Å². The zero-order valence-electron chi connectivity index (χ0n) is 12.0. The van der Waals surface area contributed by atoms with E-state index in [9.17, 15) is 13.2 Å². The molecule has 0 radical (unpaired) electrons. The highest BCUT2D eigenvalue weighted by Gasteiger charge is 2.33. The van der Waals surface area contributed by atoms with E-state index in [-0.39, 0.29) is 16.7 Å². The SMILES string of the molecule is CNc1cc(Cl)c(Oc2cc(NC)ncn2)c(OC(F)(F)F)c1. The van der Waals surface area contributed by atoms with E-state index in [4.69, 9.17) is 16.3 Å². The van der Waals surface area contributed by atoms with Crippen LogP contribution in [0.15, 0.2) is 24.5 Å². The van der Waals surface area contributed by atoms with Crippen LogP contribution in [0.1, 0.15) is 0 Å². The van der Waals surface area contributed by atoms with Crippen molar-refractivity contribution in [2.24, 2.45) is 0 Å². The van der Waals surface area contributed by atoms with Crippen molar-refractivity contribution in [2.45, 2.75) is 6.36 Å². The van der Waals surface area contributed by atoms with E-state index in [0.717, 1.165) is 6.07 Å². The molecule has 2 rings (SSSR count). The van der Waals surface area contributed by atoms with Crippen molar-refractivity contribution in [3.63, 3.8) is 0 Å². The summed E-state index contributed by atoms with van der Waals surface area (Å²) in [6.07, 6.45) is -3.70. The normalized spacial score (nSPS) is 11.0. The van der Waals surface area contributed by atoms with Gasteiger partial charge in [0.15, 0.2) is 11.5 Å². The van der Waals surface area contributed by atoms with Gasteiger partial charge >= 0.3 is 6.36 Å². The molecular formula is C13H12ClF3N4O2. The molecule has 0 amide bonds. The number of hydrogen-bond acceptors (Lipinski definition) is 6. The molecule has 10 heteroatoms. The zero-order valence-corrected chi connectivity index (χ0v) is 12.8. The molecule has 0 aliphatic rings. The molecule has 0 unspecified atom stereocenters. The number of benzene rings is 1. The van der Waals surface area contributed by atoms with Gasteiger partial charge in [0, 0.05) is 31.9 Å². The van der Waals surface area contributed by atoms with Crippen molar-refractivity contribution in [1.29, 1.82) is 0 Å². The largest absolute Gasteiger partial charge is 0.573 e. The van der Waals surface area contributed by atoms with Crippen LogP contribution >= 0.6 is 11.6 Å². The maximum atomic E-state index is 12.6. The number of hydrogen-bond donors (Lipinski definition) is 2. The van der Waals surface area contributed by atoms with Gasteiger partial charge in [0.25, 0.3) is 0 Å². The Bertz CT molecular complexity index is 697. The summed E-state index contributed by atoms with van der Waals surface area (Å²) in [6.45, 7) is 0. The van der Waals surface area contributed by atoms with Crippen LogP contribution in [-0.2, 0) is 0 Å². The Hall–Kier alpha value is -2.42. The first-order valence-corrected chi connectivity index (χ1v) is 6.65. The van der Waals surface area contributed by atoms with Gasteiger partial charge in [0.05, 0.1) is 5.02 Å². The second kappa shape index (κ2) is 6.78. The summed E-state index contributed by atoms with van der Waals surface area (Å²) in [6, 6.07) is 3.93. The van der Waals surface area contributed by atoms with Gasteiger partial charge in [-0.25, -0.2) is 9.97 Å². The molecule has 6 nitrogen and oxygen atoms in total. The number of alkyl halides is 3. The Labute approximate surface area is 134 Å². The van der Waals surface area contributed by atoms with E-state index < -0.39 is 12.1 Å². The maximum Gasteiger partial charge on any atom is 0.573 e. The quantitative estimate of drug-likeness (QED) is 0.854. The molecule has 1 aromatic carbocycles. The van der Waals surface area contributed by atoms with Gasteiger partial charge < -0.3 is 20.1 Å². The molecule has 124 valence electrons. The summed E-state index contributed by atoms with van der Waals surface area (Å²) in [7, 11) is 3.16. The minimum atomic E-state index is -4.89. The fourth-order valence-corrected chi connectivity index (χ4v) is 1.90. The first kappa shape index (κ1) is 16.9. The van der Waals surface area contributed by atoms with E-state index in [1.165, 1.54) is 25.5 Å². The zero-order chi connectivity index (χ0) is 17.0. The predicted molar refractivity (Wildman–Crippen MR) is 79.3 cm³/mol. The molecule has 2 N–H and O–H groups in total. The average Bonchev–Trinajstić information content (AvgIpc) is 2.49. The minimum Gasteiger partial charge on any atom is -0.433 e. The summed E-state index contributed by atoms with van der Waals surface area (Å²) in [5, 5.41) is 5.37. The van der Waals surface area contributed by atoms with Gasteiger partial charge in [-0.2, -0.15) is 0 Å². The number of ether oxygens (including phenoxy) is 2. The fraction of sp³-hybridized carbons (Fsp3) is 0.231. The molecule has 0 bridgehead atoms. The highest BCUT2D eigenvalue weighted by molar-refractivity contribution is 6.32. The van der Waals surface area contributed by atoms with E-state index in [1.807, 2.05) is 0 Å². The Balaban J connectivity index is 2.42. The standard InChI is InChI=1S/C13H12ClF3N4O2/c1-18-7-3-8(14)12(9(4-7)23-13(15,16)17)22-11-5-10(19-2)20-6-21-11/h3-6,18H,1-2H3,(H,19,20,21). The van der Waals surface area contributed by atoms with E-state index >= 15 is 0 Å². The van der Waals surface area contributed by atoms with Crippen LogP contribution in [-0.4, -0.2) is 30.4 Å². The monoisotopic (exact) mass is 348 g/mol. The number of halogens is 4. The van der Waals surface area contributed by atoms with Crippen LogP contribution in [0.4, 0.5) is 24.7 Å². The van der Waals surface area contributed by atoms with Gasteiger partial charge in [-0.1, -0.05) is 11.6 Å². The summed E-state index contributed by atoms with van der Waals surface area (Å²) in [5.41, 5.74) is 0.334. The van der Waals surface area contributed by atoms with Gasteiger partial charge in [-0.3, -0.25) is 0 Å². The number of nitrogens with one attached hydrogen (secondary N) is 2. The van der Waals surface area contributed by atoms with Gasteiger partial charge in [0.1, 0.15) is 12.1 Å². The molecule has 23 heavy (non-hydrogen) atoms. The molecule has 0 aliphatic carbocycles.